The fraction of sp³-hybridized carbons (Fsp3) is 1.00. The van der Waals surface area contributed by atoms with Crippen molar-refractivity contribution in [2.45, 2.75) is 317 Å². The SMILES string of the molecule is C.C.CC(C)N1CC2CC1CN2C.CC(C)N1CC2CCC(C1)N2C.CC(C)N1CC2CCC1CN2C.CC(C)N1CCN(C)C2(CC2)C1.CC(C)N1CCN(C)C2CCCCC21.CC(C)N1CCN(C)CC1.CC(C)N1CCN(C)CC1.CC(C)N1CCN2CCCC1C2. The maximum atomic E-state index is 2.73. The lowest BCUT2D eigenvalue weighted by Crippen LogP contribution is -2.62. The summed E-state index contributed by atoms with van der Waals surface area (Å²) >= 11 is 0. The summed E-state index contributed by atoms with van der Waals surface area (Å²) in [6.07, 6.45) is 18.5. The van der Waals surface area contributed by atoms with Crippen LogP contribution in [0.3, 0.4) is 0 Å². The Balaban J connectivity index is 0.000000196. The Morgan fingerprint density at radius 1 is 0.284 bits per heavy atom. The molecule has 16 nitrogen and oxygen atoms in total. The molecule has 562 valence electrons. The van der Waals surface area contributed by atoms with E-state index in [9.17, 15) is 0 Å². The Labute approximate surface area is 592 Å². The van der Waals surface area contributed by atoms with Crippen molar-refractivity contribution in [1.29, 1.82) is 0 Å². The van der Waals surface area contributed by atoms with Gasteiger partial charge in [-0.2, -0.15) is 0 Å². The highest BCUT2D eigenvalue weighted by Crippen LogP contribution is 2.43. The highest BCUT2D eigenvalue weighted by Gasteiger charge is 2.50. The Morgan fingerprint density at radius 2 is 0.716 bits per heavy atom. The molecule has 16 heteroatoms. The van der Waals surface area contributed by atoms with Crippen LogP contribution in [0.2, 0.25) is 0 Å². The molecule has 13 saturated heterocycles. The number of piperazine rings is 8. The molecule has 1 spiro atoms. The van der Waals surface area contributed by atoms with Crippen molar-refractivity contribution in [2.24, 2.45) is 0 Å². The van der Waals surface area contributed by atoms with Gasteiger partial charge in [0.15, 0.2) is 0 Å². The maximum Gasteiger partial charge on any atom is 0.0335 e. The number of likely N-dealkylation sites (tertiary alicyclic amines) is 3. The Bertz CT molecular complexity index is 1970. The molecule has 10 atom stereocenters. The van der Waals surface area contributed by atoms with Gasteiger partial charge in [-0.15, -0.1) is 0 Å². The summed E-state index contributed by atoms with van der Waals surface area (Å²) < 4.78 is 0. The summed E-state index contributed by atoms with van der Waals surface area (Å²) in [7, 11) is 15.8. The smallest absolute Gasteiger partial charge is 0.0335 e. The second kappa shape index (κ2) is 40.4. The molecule has 2 aliphatic carbocycles. The third-order valence-electron chi connectivity index (χ3n) is 25.8. The van der Waals surface area contributed by atoms with Crippen molar-refractivity contribution < 1.29 is 0 Å². The zero-order valence-electron chi connectivity index (χ0n) is 65.9. The van der Waals surface area contributed by atoms with Crippen LogP contribution in [0.25, 0.3) is 0 Å². The van der Waals surface area contributed by atoms with E-state index in [-0.39, 0.29) is 14.9 Å². The van der Waals surface area contributed by atoms with Crippen molar-refractivity contribution in [1.82, 2.24) is 78.4 Å². The molecule has 10 unspecified atom stereocenters. The first-order chi connectivity index (χ1) is 44.1. The van der Waals surface area contributed by atoms with Crippen LogP contribution in [0.4, 0.5) is 0 Å². The molecule has 13 aliphatic heterocycles. The number of hydrogen-bond acceptors (Lipinski definition) is 16. The van der Waals surface area contributed by atoms with Gasteiger partial charge < -0.3 is 29.4 Å². The van der Waals surface area contributed by atoms with Crippen molar-refractivity contribution in [2.75, 3.05) is 200 Å². The van der Waals surface area contributed by atoms with E-state index in [1.54, 1.807) is 0 Å². The maximum absolute atomic E-state index is 2.73. The first-order valence-electron chi connectivity index (χ1n) is 39.7. The molecular weight excluding hydrogens is 1170 g/mol. The number of piperidine rings is 3. The van der Waals surface area contributed by atoms with E-state index in [0.29, 0.717) is 5.54 Å². The van der Waals surface area contributed by atoms with Crippen molar-refractivity contribution >= 4 is 0 Å². The van der Waals surface area contributed by atoms with Gasteiger partial charge >= 0.3 is 0 Å². The van der Waals surface area contributed by atoms with Crippen LogP contribution in [0.1, 0.15) is 209 Å². The summed E-state index contributed by atoms with van der Waals surface area (Å²) in [4.78, 5) is 41.2. The lowest BCUT2D eigenvalue weighted by molar-refractivity contribution is -0.0231. The quantitative estimate of drug-likeness (QED) is 0.232. The Hall–Kier alpha value is -0.640. The van der Waals surface area contributed by atoms with Crippen LogP contribution in [-0.4, -0.2) is 387 Å². The zero-order chi connectivity index (χ0) is 68.0. The molecule has 15 rings (SSSR count). The van der Waals surface area contributed by atoms with Crippen molar-refractivity contribution in [3.8, 4) is 0 Å². The van der Waals surface area contributed by atoms with Gasteiger partial charge in [-0.25, -0.2) is 0 Å². The first kappa shape index (κ1) is 85.0. The van der Waals surface area contributed by atoms with Crippen LogP contribution < -0.4 is 0 Å². The molecule has 15 fully saturated rings. The highest BCUT2D eigenvalue weighted by atomic mass is 15.4. The number of nitrogens with zero attached hydrogens (tertiary/aromatic N) is 16. The van der Waals surface area contributed by atoms with E-state index in [1.807, 2.05) is 0 Å². The molecule has 0 N–H and O–H groups in total. The van der Waals surface area contributed by atoms with E-state index < -0.39 is 0 Å². The highest BCUT2D eigenvalue weighted by molar-refractivity contribution is 5.08. The van der Waals surface area contributed by atoms with E-state index in [4.69, 9.17) is 0 Å². The molecule has 13 heterocycles. The lowest BCUT2D eigenvalue weighted by atomic mass is 9.86. The van der Waals surface area contributed by atoms with Gasteiger partial charge in [0.2, 0.25) is 0 Å². The second-order valence-electron chi connectivity index (χ2n) is 34.7. The Morgan fingerprint density at radius 3 is 1.16 bits per heavy atom. The normalized spacial score (nSPS) is 33.0. The van der Waals surface area contributed by atoms with Crippen LogP contribution in [-0.2, 0) is 0 Å². The second-order valence-corrected chi connectivity index (χ2v) is 34.7. The average Bonchev–Trinajstić information content (AvgIpc) is 1.58. The minimum absolute atomic E-state index is 0. The predicted molar refractivity (Wildman–Crippen MR) is 414 cm³/mol. The fourth-order valence-corrected chi connectivity index (χ4v) is 18.6. The number of likely N-dealkylation sites (N-methyl/N-ethyl adjacent to an activating group) is 7. The zero-order valence-corrected chi connectivity index (χ0v) is 65.9. The van der Waals surface area contributed by atoms with Gasteiger partial charge in [-0.05, 0) is 237 Å². The van der Waals surface area contributed by atoms with Crippen LogP contribution in [0.5, 0.6) is 0 Å². The van der Waals surface area contributed by atoms with Gasteiger partial charge in [0.1, 0.15) is 0 Å². The third kappa shape index (κ3) is 24.8. The van der Waals surface area contributed by atoms with E-state index >= 15 is 0 Å². The molecule has 8 bridgehead atoms. The number of hydrogen-bond donors (Lipinski definition) is 0. The monoisotopic (exact) mass is 1340 g/mol. The first-order valence-corrected chi connectivity index (χ1v) is 39.7. The number of fused-ring (bicyclic) bond motifs is 10. The minimum atomic E-state index is 0. The predicted octanol–water partition coefficient (Wildman–Crippen LogP) is 9.99. The van der Waals surface area contributed by atoms with Crippen molar-refractivity contribution in [3.05, 3.63) is 0 Å². The molecule has 15 aliphatic rings. The fourth-order valence-electron chi connectivity index (χ4n) is 18.6. The summed E-state index contributed by atoms with van der Waals surface area (Å²) in [6.45, 7) is 66.2. The van der Waals surface area contributed by atoms with E-state index in [0.717, 1.165) is 103 Å². The number of rotatable bonds is 8. The lowest BCUT2D eigenvalue weighted by Gasteiger charge is -2.52. The standard InChI is InChI=1S/C12H24N2.4C10H20N2.C9H18N2.2C8H18N2.2CH4/c1-10(2)14-9-8-13(3)11-6-4-5-7-12(11)14;1-8(2)12-7-9-4-5-10(12)6-11(9)3;1-8(2)12-6-9-4-5-10(7-12)11(9)3;1-9(2)12-7-6-11(3)10(8-12)4-5-10;1-9(2)12-7-6-11-5-3-4-10(12)8-11;1-7(2)11-6-8-4-9(11)5-10(8)3;2*1-8(2)10-6-4-9(3)5-7-10;;/h10-12H,4-9H2,1-3H3;2*8-10H,4-7H2,1-3H3;9H,4-8H2,1-3H3;9-10H,3-8H2,1-2H3;7-9H,4-6H2,1-3H3;2*8H,4-7H2,1-3H3;2*1H4. The summed E-state index contributed by atoms with van der Waals surface area (Å²) in [5.41, 5.74) is 0.600. The summed E-state index contributed by atoms with van der Waals surface area (Å²) in [6, 6.07) is 13.6. The van der Waals surface area contributed by atoms with Gasteiger partial charge in [-0.1, -0.05) is 27.7 Å². The topological polar surface area (TPSA) is 51.8 Å². The average molecular weight is 1340 g/mol. The van der Waals surface area contributed by atoms with Crippen molar-refractivity contribution in [3.63, 3.8) is 0 Å². The van der Waals surface area contributed by atoms with Gasteiger partial charge in [0.25, 0.3) is 0 Å². The van der Waals surface area contributed by atoms with Crippen LogP contribution in [0, 0.1) is 0 Å². The molecule has 95 heavy (non-hydrogen) atoms. The summed E-state index contributed by atoms with van der Waals surface area (Å²) in [5, 5.41) is 0. The van der Waals surface area contributed by atoms with Gasteiger partial charge in [0, 0.05) is 252 Å². The molecule has 0 amide bonds. The molecule has 2 saturated carbocycles. The Kier molecular flexibility index (Phi) is 36.2. The minimum Gasteiger partial charge on any atom is -0.304 e. The van der Waals surface area contributed by atoms with Crippen LogP contribution >= 0.6 is 0 Å². The molecular formula is C79H166N16. The molecule has 0 aromatic heterocycles. The summed E-state index contributed by atoms with van der Waals surface area (Å²) in [5.74, 6) is 0. The largest absolute Gasteiger partial charge is 0.304 e. The third-order valence-corrected chi connectivity index (χ3v) is 25.8. The molecule has 0 aromatic rings. The van der Waals surface area contributed by atoms with Gasteiger partial charge in [0.05, 0.1) is 0 Å². The van der Waals surface area contributed by atoms with Crippen LogP contribution in [0.15, 0.2) is 0 Å². The van der Waals surface area contributed by atoms with Gasteiger partial charge in [-0.3, -0.25) is 49.0 Å². The molecule has 0 radical (unpaired) electrons. The van der Waals surface area contributed by atoms with E-state index in [1.165, 1.54) is 234 Å². The molecule has 0 aromatic carbocycles. The van der Waals surface area contributed by atoms with E-state index in [2.05, 4.69) is 239 Å².